The van der Waals surface area contributed by atoms with E-state index in [1.807, 2.05) is 22.6 Å². The number of primary amides is 1. The average Bonchev–Trinajstić information content (AvgIpc) is 2.63. The second-order valence-corrected chi connectivity index (χ2v) is 7.42. The fraction of sp³-hybridized carbons (Fsp3) is 0.100. The molecule has 0 radical (unpaired) electrons. The number of pyridine rings is 1. The van der Waals surface area contributed by atoms with E-state index >= 15 is 0 Å². The summed E-state index contributed by atoms with van der Waals surface area (Å²) in [5, 5.41) is 0. The van der Waals surface area contributed by atoms with Gasteiger partial charge in [0.15, 0.2) is 0 Å². The van der Waals surface area contributed by atoms with Gasteiger partial charge < -0.3 is 10.5 Å². The topological polar surface area (TPSA) is 65.2 Å². The van der Waals surface area contributed by atoms with Gasteiger partial charge in [-0.2, -0.15) is 13.2 Å². The minimum absolute atomic E-state index is 0.0181. The van der Waals surface area contributed by atoms with Crippen molar-refractivity contribution >= 4 is 28.5 Å². The summed E-state index contributed by atoms with van der Waals surface area (Å²) in [5.41, 5.74) is 4.08. The largest absolute Gasteiger partial charge is 0.438 e. The fourth-order valence-corrected chi connectivity index (χ4v) is 3.20. The van der Waals surface area contributed by atoms with E-state index in [2.05, 4.69) is 4.98 Å². The van der Waals surface area contributed by atoms with Gasteiger partial charge in [0.1, 0.15) is 23.1 Å². The van der Waals surface area contributed by atoms with Crippen LogP contribution in [-0.4, -0.2) is 10.9 Å². The van der Waals surface area contributed by atoms with Gasteiger partial charge in [-0.05, 0) is 58.0 Å². The number of halogens is 6. The van der Waals surface area contributed by atoms with Crippen LogP contribution in [0.3, 0.4) is 0 Å². The van der Waals surface area contributed by atoms with Gasteiger partial charge in [0.25, 0.3) is 5.91 Å². The zero-order chi connectivity index (χ0) is 22.1. The molecule has 30 heavy (non-hydrogen) atoms. The number of carbonyl (C=O) groups excluding carboxylic acids is 1. The number of nitrogens with two attached hydrogens (primary N) is 1. The smallest absolute Gasteiger partial charge is 0.433 e. The molecule has 0 saturated carbocycles. The summed E-state index contributed by atoms with van der Waals surface area (Å²) in [6, 6.07) is 9.06. The Labute approximate surface area is 181 Å². The van der Waals surface area contributed by atoms with Gasteiger partial charge >= 0.3 is 6.18 Å². The Morgan fingerprint density at radius 1 is 1.07 bits per heavy atom. The van der Waals surface area contributed by atoms with Crippen LogP contribution in [0.1, 0.15) is 27.2 Å². The molecule has 10 heteroatoms. The quantitative estimate of drug-likeness (QED) is 0.349. The number of aromatic nitrogens is 1. The first-order valence-electron chi connectivity index (χ1n) is 8.33. The minimum atomic E-state index is -4.72. The molecule has 1 aromatic heterocycles. The summed E-state index contributed by atoms with van der Waals surface area (Å²) in [5.74, 6) is -3.36. The highest BCUT2D eigenvalue weighted by Crippen LogP contribution is 2.33. The van der Waals surface area contributed by atoms with Crippen LogP contribution >= 0.6 is 22.6 Å². The first-order chi connectivity index (χ1) is 14.0. The lowest BCUT2D eigenvalue weighted by molar-refractivity contribution is -0.141. The number of hydrogen-bond donors (Lipinski definition) is 1. The number of nitrogens with zero attached hydrogens (tertiary/aromatic N) is 1. The number of alkyl halides is 3. The van der Waals surface area contributed by atoms with Gasteiger partial charge in [-0.3, -0.25) is 4.79 Å². The van der Waals surface area contributed by atoms with Crippen molar-refractivity contribution in [2.75, 3.05) is 0 Å². The lowest BCUT2D eigenvalue weighted by atomic mass is 9.98. The molecule has 0 aliphatic heterocycles. The summed E-state index contributed by atoms with van der Waals surface area (Å²) in [4.78, 5) is 15.3. The van der Waals surface area contributed by atoms with E-state index in [4.69, 9.17) is 10.5 Å². The normalized spacial score (nSPS) is 11.4. The van der Waals surface area contributed by atoms with Gasteiger partial charge in [-0.25, -0.2) is 13.8 Å². The number of ether oxygens (including phenoxy) is 1. The lowest BCUT2D eigenvalue weighted by Crippen LogP contribution is -2.16. The van der Waals surface area contributed by atoms with E-state index in [1.54, 1.807) is 6.07 Å². The molecule has 0 unspecified atom stereocenters. The van der Waals surface area contributed by atoms with Crippen molar-refractivity contribution in [1.82, 2.24) is 4.98 Å². The highest BCUT2D eigenvalue weighted by Gasteiger charge is 2.33. The number of benzene rings is 2. The van der Waals surface area contributed by atoms with E-state index in [9.17, 15) is 26.7 Å². The van der Waals surface area contributed by atoms with Gasteiger partial charge in [0, 0.05) is 22.1 Å². The molecular weight excluding hydrogens is 522 g/mol. The molecule has 0 aliphatic rings. The third-order valence-corrected chi connectivity index (χ3v) is 4.69. The van der Waals surface area contributed by atoms with Crippen LogP contribution in [0.25, 0.3) is 0 Å². The van der Waals surface area contributed by atoms with Crippen molar-refractivity contribution in [1.29, 1.82) is 0 Å². The Balaban J connectivity index is 2.04. The molecule has 4 nitrogen and oxygen atoms in total. The molecule has 0 spiro atoms. The number of hydrogen-bond acceptors (Lipinski definition) is 3. The van der Waals surface area contributed by atoms with Gasteiger partial charge in [0.2, 0.25) is 5.88 Å². The Morgan fingerprint density at radius 3 is 2.43 bits per heavy atom. The van der Waals surface area contributed by atoms with Gasteiger partial charge in [0.05, 0.1) is 5.56 Å². The predicted molar refractivity (Wildman–Crippen MR) is 106 cm³/mol. The SMILES string of the molecule is NC(=O)c1c(Cc2ccc(I)cc2F)cc(F)cc1Oc1cccc(C(F)(F)F)n1. The summed E-state index contributed by atoms with van der Waals surface area (Å²) in [6.45, 7) is 0. The van der Waals surface area contributed by atoms with E-state index in [0.29, 0.717) is 3.57 Å². The third-order valence-electron chi connectivity index (χ3n) is 4.02. The summed E-state index contributed by atoms with van der Waals surface area (Å²) >= 11 is 1.92. The maximum Gasteiger partial charge on any atom is 0.433 e. The molecule has 3 rings (SSSR count). The fourth-order valence-electron chi connectivity index (χ4n) is 2.75. The summed E-state index contributed by atoms with van der Waals surface area (Å²) < 4.78 is 72.9. The second kappa shape index (κ2) is 8.54. The van der Waals surface area contributed by atoms with Gasteiger partial charge in [-0.1, -0.05) is 12.1 Å². The van der Waals surface area contributed by atoms with Crippen LogP contribution in [0.2, 0.25) is 0 Å². The lowest BCUT2D eigenvalue weighted by Gasteiger charge is -2.15. The van der Waals surface area contributed by atoms with E-state index in [1.165, 1.54) is 12.1 Å². The van der Waals surface area contributed by atoms with Crippen molar-refractivity contribution < 1.29 is 31.5 Å². The molecule has 0 aliphatic carbocycles. The van der Waals surface area contributed by atoms with Crippen molar-refractivity contribution in [2.24, 2.45) is 5.73 Å². The first kappa shape index (κ1) is 21.9. The molecule has 2 N–H and O–H groups in total. The highest BCUT2D eigenvalue weighted by atomic mass is 127. The van der Waals surface area contributed by atoms with Crippen LogP contribution < -0.4 is 10.5 Å². The maximum absolute atomic E-state index is 14.2. The van der Waals surface area contributed by atoms with Crippen molar-refractivity contribution in [3.05, 3.63) is 86.1 Å². The Hall–Kier alpha value is -2.76. The highest BCUT2D eigenvalue weighted by molar-refractivity contribution is 14.1. The predicted octanol–water partition coefficient (Wildman–Crippen LogP) is 5.47. The standard InChI is InChI=1S/C20H12F5IN2O2/c21-12-7-11(6-10-4-5-13(26)9-14(10)22)18(19(27)29)15(8-12)30-17-3-1-2-16(28-17)20(23,24)25/h1-5,7-9H,6H2,(H2,27,29). The monoisotopic (exact) mass is 534 g/mol. The molecule has 1 amide bonds. The third kappa shape index (κ3) is 5.04. The molecule has 0 saturated heterocycles. The van der Waals surface area contributed by atoms with E-state index in [0.717, 1.165) is 30.3 Å². The Bertz CT molecular complexity index is 1120. The van der Waals surface area contributed by atoms with E-state index in [-0.39, 0.29) is 23.1 Å². The number of amides is 1. The molecule has 156 valence electrons. The number of carbonyl (C=O) groups is 1. The molecule has 0 fully saturated rings. The molecule has 1 heterocycles. The molecule has 2 aromatic carbocycles. The average molecular weight is 534 g/mol. The van der Waals surface area contributed by atoms with Gasteiger partial charge in [-0.15, -0.1) is 0 Å². The van der Waals surface area contributed by atoms with Crippen molar-refractivity contribution in [2.45, 2.75) is 12.6 Å². The minimum Gasteiger partial charge on any atom is -0.438 e. The van der Waals surface area contributed by atoms with Crippen LogP contribution in [-0.2, 0) is 12.6 Å². The molecule has 3 aromatic rings. The zero-order valence-corrected chi connectivity index (χ0v) is 17.1. The molecule has 0 atom stereocenters. The molecular formula is C20H12F5IN2O2. The van der Waals surface area contributed by atoms with Crippen LogP contribution in [0, 0.1) is 15.2 Å². The maximum atomic E-state index is 14.2. The zero-order valence-electron chi connectivity index (χ0n) is 14.9. The summed E-state index contributed by atoms with van der Waals surface area (Å²) in [7, 11) is 0. The molecule has 0 bridgehead atoms. The van der Waals surface area contributed by atoms with Crippen molar-refractivity contribution in [3.63, 3.8) is 0 Å². The second-order valence-electron chi connectivity index (χ2n) is 6.18. The Morgan fingerprint density at radius 2 is 1.80 bits per heavy atom. The van der Waals surface area contributed by atoms with E-state index < -0.39 is 41.0 Å². The Kier molecular flexibility index (Phi) is 6.25. The first-order valence-corrected chi connectivity index (χ1v) is 9.40. The van der Waals surface area contributed by atoms with Crippen molar-refractivity contribution in [3.8, 4) is 11.6 Å². The summed E-state index contributed by atoms with van der Waals surface area (Å²) in [6.07, 6.45) is -4.91. The number of rotatable bonds is 5. The van der Waals surface area contributed by atoms with Crippen LogP contribution in [0.5, 0.6) is 11.6 Å². The van der Waals surface area contributed by atoms with Crippen LogP contribution in [0.4, 0.5) is 22.0 Å². The van der Waals surface area contributed by atoms with Crippen LogP contribution in [0.15, 0.2) is 48.5 Å².